The van der Waals surface area contributed by atoms with E-state index in [0.29, 0.717) is 19.3 Å². The molecular weight excluding hydrogens is 673 g/mol. The number of aliphatic hydroxyl groups is 2. The van der Waals surface area contributed by atoms with E-state index in [0.717, 1.165) is 70.1 Å². The number of rotatable bonds is 40. The maximum Gasteiger partial charge on any atom is 0.305 e. The van der Waals surface area contributed by atoms with Gasteiger partial charge in [0.1, 0.15) is 19.3 Å². The van der Waals surface area contributed by atoms with Crippen molar-refractivity contribution in [3.63, 3.8) is 0 Å². The quantitative estimate of drug-likeness (QED) is 0.0367. The van der Waals surface area contributed by atoms with Gasteiger partial charge in [0.05, 0.1) is 6.10 Å². The fourth-order valence-electron chi connectivity index (χ4n) is 6.27. The molecule has 0 aliphatic heterocycles. The summed E-state index contributed by atoms with van der Waals surface area (Å²) in [6.07, 6.45) is 49.8. The van der Waals surface area contributed by atoms with Crippen molar-refractivity contribution < 1.29 is 29.3 Å². The molecule has 1 unspecified atom stereocenters. The van der Waals surface area contributed by atoms with Crippen LogP contribution in [0.15, 0.2) is 48.6 Å². The first-order chi connectivity index (χ1) is 26.4. The predicted octanol–water partition coefficient (Wildman–Crippen LogP) is 13.4. The minimum absolute atomic E-state index is 0.140. The summed E-state index contributed by atoms with van der Waals surface area (Å²) in [6.45, 7) is 6.39. The first-order valence-electron chi connectivity index (χ1n) is 22.7. The fourth-order valence-corrected chi connectivity index (χ4v) is 6.27. The number of allylic oxidation sites excluding steroid dienone is 8. The molecule has 3 atom stereocenters. The van der Waals surface area contributed by atoms with Crippen molar-refractivity contribution in [2.24, 2.45) is 5.92 Å². The van der Waals surface area contributed by atoms with Crippen LogP contribution in [-0.2, 0) is 19.1 Å². The number of carbonyl (C=O) groups excluding carboxylic acids is 2. The molecule has 6 heteroatoms. The van der Waals surface area contributed by atoms with Gasteiger partial charge in [-0.2, -0.15) is 0 Å². The monoisotopic (exact) mass is 759 g/mol. The maximum absolute atomic E-state index is 12.0. The molecule has 0 rings (SSSR count). The summed E-state index contributed by atoms with van der Waals surface area (Å²) >= 11 is 0. The molecule has 54 heavy (non-hydrogen) atoms. The number of aliphatic hydroxyl groups excluding tert-OH is 2. The summed E-state index contributed by atoms with van der Waals surface area (Å²) in [7, 11) is 0. The molecule has 0 saturated heterocycles. The number of hydrogen-bond acceptors (Lipinski definition) is 6. The molecule has 0 heterocycles. The molecule has 0 fully saturated rings. The molecule has 0 amide bonds. The zero-order valence-electron chi connectivity index (χ0n) is 35.5. The second-order valence-corrected chi connectivity index (χ2v) is 15.6. The van der Waals surface area contributed by atoms with Crippen molar-refractivity contribution in [3.8, 4) is 0 Å². The molecule has 0 aliphatic rings. The molecule has 0 radical (unpaired) electrons. The Bertz CT molecular complexity index is 937. The third-order valence-corrected chi connectivity index (χ3v) is 10.3. The van der Waals surface area contributed by atoms with E-state index in [1.807, 2.05) is 6.92 Å². The Hall–Kier alpha value is -2.18. The van der Waals surface area contributed by atoms with E-state index in [1.165, 1.54) is 109 Å². The van der Waals surface area contributed by atoms with E-state index in [9.17, 15) is 19.8 Å². The van der Waals surface area contributed by atoms with Gasteiger partial charge in [-0.3, -0.25) is 9.59 Å². The minimum atomic E-state index is -0.995. The molecule has 0 aromatic rings. The lowest BCUT2D eigenvalue weighted by Gasteiger charge is -2.12. The Kier molecular flexibility index (Phi) is 40.3. The first kappa shape index (κ1) is 51.8. The third-order valence-electron chi connectivity index (χ3n) is 10.3. The van der Waals surface area contributed by atoms with Gasteiger partial charge in [-0.05, 0) is 63.7 Å². The van der Waals surface area contributed by atoms with Crippen molar-refractivity contribution in [1.29, 1.82) is 0 Å². The summed E-state index contributed by atoms with van der Waals surface area (Å²) in [5, 5.41) is 19.6. The van der Waals surface area contributed by atoms with E-state index >= 15 is 0 Å². The van der Waals surface area contributed by atoms with Crippen molar-refractivity contribution in [2.75, 3.05) is 13.2 Å². The van der Waals surface area contributed by atoms with Crippen LogP contribution in [0, 0.1) is 5.92 Å². The van der Waals surface area contributed by atoms with Gasteiger partial charge in [-0.25, -0.2) is 0 Å². The van der Waals surface area contributed by atoms with Crippen molar-refractivity contribution in [1.82, 2.24) is 0 Å². The fraction of sp³-hybridized carbons (Fsp3) is 0.792. The van der Waals surface area contributed by atoms with Gasteiger partial charge in [-0.15, -0.1) is 0 Å². The van der Waals surface area contributed by atoms with Gasteiger partial charge < -0.3 is 19.7 Å². The number of unbranched alkanes of at least 4 members (excludes halogenated alkanes) is 18. The Balaban J connectivity index is 3.49. The third kappa shape index (κ3) is 41.0. The normalized spacial score (nSPS) is 13.8. The highest BCUT2D eigenvalue weighted by molar-refractivity contribution is 5.69. The van der Waals surface area contributed by atoms with Crippen LogP contribution in [0.2, 0.25) is 0 Å². The Morgan fingerprint density at radius 1 is 0.444 bits per heavy atom. The molecule has 314 valence electrons. The van der Waals surface area contributed by atoms with E-state index in [-0.39, 0.29) is 31.3 Å². The lowest BCUT2D eigenvalue weighted by atomic mass is 9.99. The van der Waals surface area contributed by atoms with Gasteiger partial charge in [0, 0.05) is 12.8 Å². The molecule has 0 aromatic heterocycles. The highest BCUT2D eigenvalue weighted by atomic mass is 16.6. The molecule has 0 aliphatic carbocycles. The van der Waals surface area contributed by atoms with Gasteiger partial charge in [0.15, 0.2) is 0 Å². The van der Waals surface area contributed by atoms with Crippen LogP contribution in [0.3, 0.4) is 0 Å². The molecule has 0 spiro atoms. The van der Waals surface area contributed by atoms with Crippen LogP contribution in [-0.4, -0.2) is 47.6 Å². The number of esters is 2. The Morgan fingerprint density at radius 3 is 1.24 bits per heavy atom. The molecule has 2 N–H and O–H groups in total. The second kappa shape index (κ2) is 42.0. The predicted molar refractivity (Wildman–Crippen MR) is 230 cm³/mol. The summed E-state index contributed by atoms with van der Waals surface area (Å²) in [5.74, 6) is 0.270. The van der Waals surface area contributed by atoms with Gasteiger partial charge in [0.2, 0.25) is 0 Å². The number of hydrogen-bond donors (Lipinski definition) is 2. The van der Waals surface area contributed by atoms with E-state index in [4.69, 9.17) is 9.47 Å². The minimum Gasteiger partial charge on any atom is -0.463 e. The van der Waals surface area contributed by atoms with Gasteiger partial charge >= 0.3 is 11.9 Å². The summed E-state index contributed by atoms with van der Waals surface area (Å²) in [4.78, 5) is 24.0. The Morgan fingerprint density at radius 2 is 0.815 bits per heavy atom. The number of carbonyl (C=O) groups is 2. The number of ether oxygens (including phenoxy) is 2. The zero-order valence-corrected chi connectivity index (χ0v) is 35.5. The van der Waals surface area contributed by atoms with Crippen molar-refractivity contribution in [3.05, 3.63) is 48.6 Å². The first-order valence-corrected chi connectivity index (χ1v) is 22.7. The van der Waals surface area contributed by atoms with Crippen LogP contribution < -0.4 is 0 Å². The van der Waals surface area contributed by atoms with Crippen LogP contribution in [0.5, 0.6) is 0 Å². The van der Waals surface area contributed by atoms with Crippen LogP contribution in [0.25, 0.3) is 0 Å². The Labute approximate surface area is 333 Å². The van der Waals surface area contributed by atoms with Gasteiger partial charge in [-0.1, -0.05) is 191 Å². The van der Waals surface area contributed by atoms with Crippen LogP contribution in [0.4, 0.5) is 0 Å². The summed E-state index contributed by atoms with van der Waals surface area (Å²) in [6, 6.07) is 0. The van der Waals surface area contributed by atoms with E-state index < -0.39 is 6.10 Å². The average molecular weight is 759 g/mol. The smallest absolute Gasteiger partial charge is 0.305 e. The SMILES string of the molecule is CCC(C)CCCCCCCCCCCCCCCCCCCCC(=O)OC[C@@H](O)COC(=O)CCC/C=C\C/C=C\C/C=C\C/C=C\CC[C@@H](O)CC. The summed E-state index contributed by atoms with van der Waals surface area (Å²) in [5.41, 5.74) is 0. The van der Waals surface area contributed by atoms with Crippen molar-refractivity contribution >= 4 is 11.9 Å². The molecule has 0 bridgehead atoms. The van der Waals surface area contributed by atoms with Crippen LogP contribution >= 0.6 is 0 Å². The van der Waals surface area contributed by atoms with E-state index in [2.05, 4.69) is 62.5 Å². The molecular formula is C48H86O6. The second-order valence-electron chi connectivity index (χ2n) is 15.6. The molecule has 0 aromatic carbocycles. The zero-order chi connectivity index (χ0) is 39.6. The molecule has 0 saturated carbocycles. The highest BCUT2D eigenvalue weighted by Crippen LogP contribution is 2.17. The summed E-state index contributed by atoms with van der Waals surface area (Å²) < 4.78 is 10.3. The van der Waals surface area contributed by atoms with Crippen LogP contribution in [0.1, 0.15) is 213 Å². The highest BCUT2D eigenvalue weighted by Gasteiger charge is 2.12. The lowest BCUT2D eigenvalue weighted by molar-refractivity contribution is -0.152. The van der Waals surface area contributed by atoms with Gasteiger partial charge in [0.25, 0.3) is 0 Å². The topological polar surface area (TPSA) is 93.1 Å². The largest absolute Gasteiger partial charge is 0.463 e. The maximum atomic E-state index is 12.0. The molecule has 6 nitrogen and oxygen atoms in total. The van der Waals surface area contributed by atoms with E-state index in [1.54, 1.807) is 0 Å². The standard InChI is InChI=1S/C48H86O6/c1-4-44(3)38-34-30-26-22-18-14-10-8-6-7-9-11-16-20-24-28-32-36-40-47(51)53-42-46(50)43-54-48(52)41-37-33-29-25-21-17-13-12-15-19-23-27-31-35-39-45(49)5-2/h13,15,17,19,25,27,29,31,44-46,49-50H,4-12,14,16,18,20-24,26,28,30,32-43H2,1-3H3/b17-13-,19-15-,29-25-,31-27-/t44?,45-,46+/m0/s1. The average Bonchev–Trinajstić information content (AvgIpc) is 3.17. The lowest BCUT2D eigenvalue weighted by Crippen LogP contribution is -2.25. The van der Waals surface area contributed by atoms with Crippen molar-refractivity contribution in [2.45, 2.75) is 226 Å².